The van der Waals surface area contributed by atoms with Gasteiger partial charge in [0.2, 0.25) is 0 Å². The van der Waals surface area contributed by atoms with Gasteiger partial charge < -0.3 is 15.0 Å². The Morgan fingerprint density at radius 3 is 3.00 bits per heavy atom. The molecule has 104 valence electrons. The minimum atomic E-state index is -0.274. The van der Waals surface area contributed by atoms with E-state index < -0.39 is 0 Å². The number of aromatic nitrogens is 2. The monoisotopic (exact) mass is 273 g/mol. The van der Waals surface area contributed by atoms with Crippen LogP contribution in [0.25, 0.3) is 0 Å². The topological polar surface area (TPSA) is 53.1 Å². The summed E-state index contributed by atoms with van der Waals surface area (Å²) in [5.41, 5.74) is 7.99. The summed E-state index contributed by atoms with van der Waals surface area (Å²) in [7, 11) is 0. The van der Waals surface area contributed by atoms with Crippen LogP contribution in [0.4, 0.5) is 4.39 Å². The number of hydrogen-bond donors (Lipinski definition) is 1. The molecule has 1 aromatic carbocycles. The second-order valence-corrected chi connectivity index (χ2v) is 5.59. The van der Waals surface area contributed by atoms with Gasteiger partial charge in [0.25, 0.3) is 0 Å². The Hall–Kier alpha value is -1.88. The van der Waals surface area contributed by atoms with Crippen LogP contribution in [-0.4, -0.2) is 9.55 Å². The first-order valence-electron chi connectivity index (χ1n) is 6.96. The van der Waals surface area contributed by atoms with Gasteiger partial charge in [0.1, 0.15) is 17.7 Å². The van der Waals surface area contributed by atoms with Gasteiger partial charge in [-0.15, -0.1) is 0 Å². The number of benzene rings is 1. The van der Waals surface area contributed by atoms with Crippen LogP contribution in [0.1, 0.15) is 48.7 Å². The quantitative estimate of drug-likeness (QED) is 0.915. The SMILES string of the molecule is N[C@@H]1CC(c2cncn2C2CC2)Oc2ccc(F)cc21. The van der Waals surface area contributed by atoms with Gasteiger partial charge in [-0.25, -0.2) is 9.37 Å². The second kappa shape index (κ2) is 4.31. The lowest BCUT2D eigenvalue weighted by atomic mass is 9.96. The van der Waals surface area contributed by atoms with Gasteiger partial charge in [-0.05, 0) is 31.0 Å². The maximum atomic E-state index is 13.3. The Kier molecular flexibility index (Phi) is 2.57. The summed E-state index contributed by atoms with van der Waals surface area (Å²) in [6.45, 7) is 0. The molecule has 4 nitrogen and oxygen atoms in total. The number of nitrogens with zero attached hydrogens (tertiary/aromatic N) is 2. The fourth-order valence-corrected chi connectivity index (χ4v) is 2.88. The zero-order valence-electron chi connectivity index (χ0n) is 11.0. The van der Waals surface area contributed by atoms with E-state index >= 15 is 0 Å². The third kappa shape index (κ3) is 1.89. The van der Waals surface area contributed by atoms with Crippen molar-refractivity contribution in [3.63, 3.8) is 0 Å². The number of hydrogen-bond acceptors (Lipinski definition) is 3. The van der Waals surface area contributed by atoms with E-state index in [-0.39, 0.29) is 18.0 Å². The van der Waals surface area contributed by atoms with Gasteiger partial charge in [0.15, 0.2) is 0 Å². The Bertz CT molecular complexity index is 650. The van der Waals surface area contributed by atoms with Crippen molar-refractivity contribution < 1.29 is 9.13 Å². The van der Waals surface area contributed by atoms with Crippen LogP contribution in [0.3, 0.4) is 0 Å². The van der Waals surface area contributed by atoms with Crippen molar-refractivity contribution in [3.05, 3.63) is 47.8 Å². The molecule has 1 unspecified atom stereocenters. The van der Waals surface area contributed by atoms with Crippen molar-refractivity contribution in [2.24, 2.45) is 5.73 Å². The summed E-state index contributed by atoms with van der Waals surface area (Å²) in [5, 5.41) is 0. The average molecular weight is 273 g/mol. The summed E-state index contributed by atoms with van der Waals surface area (Å²) >= 11 is 0. The third-order valence-electron chi connectivity index (χ3n) is 4.07. The molecule has 1 fully saturated rings. The van der Waals surface area contributed by atoms with Crippen LogP contribution < -0.4 is 10.5 Å². The van der Waals surface area contributed by atoms with Crippen molar-refractivity contribution in [3.8, 4) is 5.75 Å². The highest BCUT2D eigenvalue weighted by Gasteiger charge is 2.33. The first kappa shape index (κ1) is 11.9. The number of nitrogens with two attached hydrogens (primary N) is 1. The lowest BCUT2D eigenvalue weighted by Crippen LogP contribution is -2.25. The molecule has 0 amide bonds. The third-order valence-corrected chi connectivity index (χ3v) is 4.07. The van der Waals surface area contributed by atoms with E-state index in [1.807, 2.05) is 12.5 Å². The van der Waals surface area contributed by atoms with Gasteiger partial charge in [0.05, 0.1) is 18.2 Å². The van der Waals surface area contributed by atoms with E-state index in [0.717, 1.165) is 11.3 Å². The molecule has 1 saturated carbocycles. The van der Waals surface area contributed by atoms with Crippen LogP contribution in [-0.2, 0) is 0 Å². The van der Waals surface area contributed by atoms with Crippen LogP contribution in [0.15, 0.2) is 30.7 Å². The molecule has 1 aliphatic carbocycles. The molecule has 2 N–H and O–H groups in total. The maximum Gasteiger partial charge on any atom is 0.142 e. The first-order chi connectivity index (χ1) is 9.72. The lowest BCUT2D eigenvalue weighted by Gasteiger charge is -2.30. The van der Waals surface area contributed by atoms with Gasteiger partial charge in [0, 0.05) is 24.1 Å². The summed E-state index contributed by atoms with van der Waals surface area (Å²) in [6.07, 6.45) is 6.65. The summed E-state index contributed by atoms with van der Waals surface area (Å²) in [6, 6.07) is 4.89. The van der Waals surface area contributed by atoms with Gasteiger partial charge in [-0.3, -0.25) is 0 Å². The predicted octanol–water partition coefficient (Wildman–Crippen LogP) is 2.88. The first-order valence-corrected chi connectivity index (χ1v) is 6.96. The van der Waals surface area contributed by atoms with Crippen LogP contribution in [0, 0.1) is 5.82 Å². The highest BCUT2D eigenvalue weighted by atomic mass is 19.1. The van der Waals surface area contributed by atoms with Crippen LogP contribution in [0.2, 0.25) is 0 Å². The summed E-state index contributed by atoms with van der Waals surface area (Å²) in [4.78, 5) is 4.24. The van der Waals surface area contributed by atoms with Crippen molar-refractivity contribution in [1.82, 2.24) is 9.55 Å². The van der Waals surface area contributed by atoms with Crippen molar-refractivity contribution >= 4 is 0 Å². The summed E-state index contributed by atoms with van der Waals surface area (Å²) < 4.78 is 21.5. The molecule has 20 heavy (non-hydrogen) atoms. The number of ether oxygens (including phenoxy) is 1. The molecule has 5 heteroatoms. The number of imidazole rings is 1. The van der Waals surface area contributed by atoms with Crippen molar-refractivity contribution in [2.45, 2.75) is 37.5 Å². The van der Waals surface area contributed by atoms with Crippen molar-refractivity contribution in [2.75, 3.05) is 0 Å². The largest absolute Gasteiger partial charge is 0.484 e. The fraction of sp³-hybridized carbons (Fsp3) is 0.400. The highest BCUT2D eigenvalue weighted by Crippen LogP contribution is 2.43. The molecule has 0 spiro atoms. The molecule has 1 aliphatic heterocycles. The smallest absolute Gasteiger partial charge is 0.142 e. The second-order valence-electron chi connectivity index (χ2n) is 5.59. The lowest BCUT2D eigenvalue weighted by molar-refractivity contribution is 0.152. The Labute approximate surface area is 116 Å². The Morgan fingerprint density at radius 2 is 2.20 bits per heavy atom. The van der Waals surface area contributed by atoms with E-state index in [0.29, 0.717) is 18.2 Å². The van der Waals surface area contributed by atoms with Crippen LogP contribution in [0.5, 0.6) is 5.75 Å². The normalized spacial score (nSPS) is 25.1. The molecule has 1 aromatic heterocycles. The molecule has 2 aromatic rings. The van der Waals surface area contributed by atoms with Crippen LogP contribution >= 0.6 is 0 Å². The molecule has 2 heterocycles. The number of halogens is 1. The molecule has 4 rings (SSSR count). The zero-order chi connectivity index (χ0) is 13.7. The molecule has 2 atom stereocenters. The predicted molar refractivity (Wildman–Crippen MR) is 71.8 cm³/mol. The van der Waals surface area contributed by atoms with E-state index in [4.69, 9.17) is 10.5 Å². The fourth-order valence-electron chi connectivity index (χ4n) is 2.88. The summed E-state index contributed by atoms with van der Waals surface area (Å²) in [5.74, 6) is 0.406. The highest BCUT2D eigenvalue weighted by molar-refractivity contribution is 5.39. The minimum absolute atomic E-state index is 0.105. The number of rotatable bonds is 2. The zero-order valence-corrected chi connectivity index (χ0v) is 11.0. The van der Waals surface area contributed by atoms with E-state index in [1.54, 1.807) is 6.07 Å². The van der Waals surface area contributed by atoms with Crippen molar-refractivity contribution in [1.29, 1.82) is 0 Å². The Balaban J connectivity index is 1.68. The minimum Gasteiger partial charge on any atom is -0.484 e. The molecular formula is C15H16FN3O. The molecular weight excluding hydrogens is 257 g/mol. The number of fused-ring (bicyclic) bond motifs is 1. The van der Waals surface area contributed by atoms with Gasteiger partial charge >= 0.3 is 0 Å². The van der Waals surface area contributed by atoms with E-state index in [1.165, 1.54) is 25.0 Å². The maximum absolute atomic E-state index is 13.3. The van der Waals surface area contributed by atoms with E-state index in [9.17, 15) is 4.39 Å². The average Bonchev–Trinajstić information content (AvgIpc) is 3.17. The molecule has 0 bridgehead atoms. The van der Waals surface area contributed by atoms with Gasteiger partial charge in [-0.1, -0.05) is 0 Å². The molecule has 0 radical (unpaired) electrons. The van der Waals surface area contributed by atoms with E-state index in [2.05, 4.69) is 9.55 Å². The Morgan fingerprint density at radius 1 is 1.35 bits per heavy atom. The molecule has 0 saturated heterocycles. The molecule has 2 aliphatic rings. The standard InChI is InChI=1S/C15H16FN3O/c16-9-1-4-14-11(5-9)12(17)6-15(20-14)13-7-18-8-19(13)10-2-3-10/h1,4-5,7-8,10,12,15H,2-3,6,17H2/t12-,15?/m1/s1. The van der Waals surface area contributed by atoms with Gasteiger partial charge in [-0.2, -0.15) is 0 Å².